The van der Waals surface area contributed by atoms with Crippen LogP contribution in [0.4, 0.5) is 5.00 Å². The second kappa shape index (κ2) is 8.67. The van der Waals surface area contributed by atoms with E-state index in [1.807, 2.05) is 66.1 Å². The molecule has 1 heterocycles. The molecule has 0 spiro atoms. The lowest BCUT2D eigenvalue weighted by Crippen LogP contribution is -2.34. The molecule has 0 fully saturated rings. The molecular weight excluding hydrogens is 358 g/mol. The van der Waals surface area contributed by atoms with Crippen LogP contribution in [0.5, 0.6) is 0 Å². The Kier molecular flexibility index (Phi) is 6.78. The van der Waals surface area contributed by atoms with Gasteiger partial charge in [0.2, 0.25) is 5.91 Å². The van der Waals surface area contributed by atoms with Gasteiger partial charge in [0.15, 0.2) is 0 Å². The van der Waals surface area contributed by atoms with Crippen LogP contribution in [0, 0.1) is 12.3 Å². The molecule has 6 heteroatoms. The van der Waals surface area contributed by atoms with Crippen LogP contribution < -0.4 is 10.6 Å². The zero-order valence-corrected chi connectivity index (χ0v) is 17.7. The summed E-state index contributed by atoms with van der Waals surface area (Å²) in [6.07, 6.45) is 0. The van der Waals surface area contributed by atoms with Gasteiger partial charge in [0, 0.05) is 12.0 Å². The fourth-order valence-electron chi connectivity index (χ4n) is 2.61. The molecule has 2 rings (SSSR count). The molecule has 0 bridgehead atoms. The Morgan fingerprint density at radius 2 is 1.78 bits per heavy atom. The van der Waals surface area contributed by atoms with E-state index in [-0.39, 0.29) is 17.9 Å². The quantitative estimate of drug-likeness (QED) is 0.785. The molecule has 2 aromatic rings. The van der Waals surface area contributed by atoms with Crippen LogP contribution in [-0.4, -0.2) is 37.4 Å². The normalized spacial score (nSPS) is 12.7. The molecule has 5 nitrogen and oxygen atoms in total. The summed E-state index contributed by atoms with van der Waals surface area (Å²) < 4.78 is 0. The molecule has 0 radical (unpaired) electrons. The van der Waals surface area contributed by atoms with Gasteiger partial charge in [-0.25, -0.2) is 0 Å². The third kappa shape index (κ3) is 5.65. The molecule has 27 heavy (non-hydrogen) atoms. The average molecular weight is 388 g/mol. The van der Waals surface area contributed by atoms with Gasteiger partial charge in [0.1, 0.15) is 0 Å². The first-order valence-electron chi connectivity index (χ1n) is 9.01. The molecule has 1 atom stereocenters. The van der Waals surface area contributed by atoms with Crippen LogP contribution in [0.1, 0.15) is 47.6 Å². The Labute approximate surface area is 165 Å². The number of carbonyl (C=O) groups is 2. The number of nitrogens with zero attached hydrogens (tertiary/aromatic N) is 1. The van der Waals surface area contributed by atoms with E-state index in [9.17, 15) is 9.59 Å². The van der Waals surface area contributed by atoms with E-state index in [1.54, 1.807) is 0 Å². The molecule has 146 valence electrons. The van der Waals surface area contributed by atoms with E-state index in [1.165, 1.54) is 11.3 Å². The maximum atomic E-state index is 12.7. The van der Waals surface area contributed by atoms with Gasteiger partial charge in [-0.1, -0.05) is 51.1 Å². The van der Waals surface area contributed by atoms with Crippen molar-refractivity contribution >= 4 is 28.2 Å². The Balaban J connectivity index is 2.06. The van der Waals surface area contributed by atoms with Crippen molar-refractivity contribution in [1.29, 1.82) is 0 Å². The van der Waals surface area contributed by atoms with E-state index >= 15 is 0 Å². The van der Waals surface area contributed by atoms with Crippen molar-refractivity contribution in [2.75, 3.05) is 26.0 Å². The molecule has 0 aliphatic rings. The number of aryl methyl sites for hydroxylation is 1. The number of amides is 2. The minimum Gasteiger partial charge on any atom is -0.349 e. The van der Waals surface area contributed by atoms with Gasteiger partial charge in [0.05, 0.1) is 15.9 Å². The van der Waals surface area contributed by atoms with Crippen molar-refractivity contribution < 1.29 is 9.59 Å². The Morgan fingerprint density at radius 1 is 1.15 bits per heavy atom. The summed E-state index contributed by atoms with van der Waals surface area (Å²) in [6.45, 7) is 7.99. The van der Waals surface area contributed by atoms with Crippen LogP contribution in [0.15, 0.2) is 36.4 Å². The van der Waals surface area contributed by atoms with Crippen molar-refractivity contribution in [1.82, 2.24) is 10.2 Å². The Bertz CT molecular complexity index is 792. The average Bonchev–Trinajstić information content (AvgIpc) is 2.95. The summed E-state index contributed by atoms with van der Waals surface area (Å²) in [5, 5.41) is 6.63. The summed E-state index contributed by atoms with van der Waals surface area (Å²) in [5.74, 6) is -0.177. The molecule has 2 amide bonds. The predicted molar refractivity (Wildman–Crippen MR) is 112 cm³/mol. The van der Waals surface area contributed by atoms with E-state index in [0.29, 0.717) is 16.4 Å². The smallest absolute Gasteiger partial charge is 0.261 e. The number of likely N-dealkylation sites (N-methyl/N-ethyl adjacent to an activating group) is 1. The molecule has 1 aromatic heterocycles. The summed E-state index contributed by atoms with van der Waals surface area (Å²) >= 11 is 1.31. The highest BCUT2D eigenvalue weighted by atomic mass is 32.1. The standard InChI is InChI=1S/C21H29N3O2S/c1-14-12-17(23-20(26)21(2,3)4)27-18(14)19(25)22-13-16(24(5)6)15-10-8-7-9-11-15/h7-12,16H,13H2,1-6H3,(H,22,25)(H,23,26). The first-order chi connectivity index (χ1) is 12.6. The second-order valence-electron chi connectivity index (χ2n) is 7.93. The number of nitrogens with one attached hydrogen (secondary N) is 2. The molecule has 2 N–H and O–H groups in total. The fraction of sp³-hybridized carbons (Fsp3) is 0.429. The molecule has 0 aliphatic carbocycles. The summed E-state index contributed by atoms with van der Waals surface area (Å²) in [5.41, 5.74) is 1.54. The van der Waals surface area contributed by atoms with Crippen molar-refractivity contribution in [2.24, 2.45) is 5.41 Å². The van der Waals surface area contributed by atoms with Crippen LogP contribution >= 0.6 is 11.3 Å². The van der Waals surface area contributed by atoms with E-state index in [2.05, 4.69) is 27.7 Å². The SMILES string of the molecule is Cc1cc(NC(=O)C(C)(C)C)sc1C(=O)NCC(c1ccccc1)N(C)C. The molecular formula is C21H29N3O2S. The first kappa shape index (κ1) is 21.1. The minimum absolute atomic E-state index is 0.0625. The second-order valence-corrected chi connectivity index (χ2v) is 8.98. The number of hydrogen-bond donors (Lipinski definition) is 2. The maximum absolute atomic E-state index is 12.7. The monoisotopic (exact) mass is 387 g/mol. The van der Waals surface area contributed by atoms with E-state index < -0.39 is 5.41 Å². The van der Waals surface area contributed by atoms with Gasteiger partial charge in [-0.15, -0.1) is 11.3 Å². The highest BCUT2D eigenvalue weighted by Gasteiger charge is 2.23. The number of benzene rings is 1. The molecule has 0 aliphatic heterocycles. The Hall–Kier alpha value is -2.18. The van der Waals surface area contributed by atoms with Gasteiger partial charge in [-0.2, -0.15) is 0 Å². The summed E-state index contributed by atoms with van der Waals surface area (Å²) in [6, 6.07) is 12.1. The number of carbonyl (C=O) groups excluding carboxylic acids is 2. The van der Waals surface area contributed by atoms with Crippen molar-refractivity contribution in [2.45, 2.75) is 33.7 Å². The van der Waals surface area contributed by atoms with Crippen LogP contribution in [-0.2, 0) is 4.79 Å². The van der Waals surface area contributed by atoms with Gasteiger partial charge in [0.25, 0.3) is 5.91 Å². The number of rotatable bonds is 6. The van der Waals surface area contributed by atoms with E-state index in [0.717, 1.165) is 11.1 Å². The van der Waals surface area contributed by atoms with Crippen LogP contribution in [0.3, 0.4) is 0 Å². The van der Waals surface area contributed by atoms with Crippen LogP contribution in [0.25, 0.3) is 0 Å². The lowest BCUT2D eigenvalue weighted by molar-refractivity contribution is -0.123. The number of thiophene rings is 1. The molecule has 0 saturated carbocycles. The zero-order chi connectivity index (χ0) is 20.2. The topological polar surface area (TPSA) is 61.4 Å². The number of anilines is 1. The van der Waals surface area contributed by atoms with Crippen molar-refractivity contribution in [3.8, 4) is 0 Å². The van der Waals surface area contributed by atoms with Gasteiger partial charge >= 0.3 is 0 Å². The summed E-state index contributed by atoms with van der Waals surface area (Å²) in [4.78, 5) is 27.6. The predicted octanol–water partition coefficient (Wildman–Crippen LogP) is 4.07. The lowest BCUT2D eigenvalue weighted by atomic mass is 9.96. The largest absolute Gasteiger partial charge is 0.349 e. The molecule has 0 saturated heterocycles. The van der Waals surface area contributed by atoms with E-state index in [4.69, 9.17) is 0 Å². The molecule has 1 unspecified atom stereocenters. The fourth-order valence-corrected chi connectivity index (χ4v) is 3.60. The summed E-state index contributed by atoms with van der Waals surface area (Å²) in [7, 11) is 4.00. The third-order valence-electron chi connectivity index (χ3n) is 4.31. The lowest BCUT2D eigenvalue weighted by Gasteiger charge is -2.25. The third-order valence-corrected chi connectivity index (χ3v) is 5.46. The zero-order valence-electron chi connectivity index (χ0n) is 16.9. The Morgan fingerprint density at radius 3 is 2.33 bits per heavy atom. The highest BCUT2D eigenvalue weighted by molar-refractivity contribution is 7.18. The highest BCUT2D eigenvalue weighted by Crippen LogP contribution is 2.28. The van der Waals surface area contributed by atoms with Gasteiger partial charge < -0.3 is 15.5 Å². The maximum Gasteiger partial charge on any atom is 0.261 e. The molecule has 1 aromatic carbocycles. The van der Waals surface area contributed by atoms with Crippen LogP contribution in [0.2, 0.25) is 0 Å². The van der Waals surface area contributed by atoms with Gasteiger partial charge in [-0.05, 0) is 38.2 Å². The number of hydrogen-bond acceptors (Lipinski definition) is 4. The minimum atomic E-state index is -0.477. The van der Waals surface area contributed by atoms with Crippen molar-refractivity contribution in [3.05, 3.63) is 52.4 Å². The van der Waals surface area contributed by atoms with Gasteiger partial charge in [-0.3, -0.25) is 9.59 Å². The van der Waals surface area contributed by atoms with Crippen molar-refractivity contribution in [3.63, 3.8) is 0 Å². The first-order valence-corrected chi connectivity index (χ1v) is 9.82.